The van der Waals surface area contributed by atoms with Crippen molar-refractivity contribution in [2.24, 2.45) is 0 Å². The van der Waals surface area contributed by atoms with E-state index in [1.165, 1.54) is 0 Å². The predicted octanol–water partition coefficient (Wildman–Crippen LogP) is 5.90. The van der Waals surface area contributed by atoms with Crippen LogP contribution in [-0.4, -0.2) is 25.5 Å². The molecule has 0 spiro atoms. The van der Waals surface area contributed by atoms with E-state index >= 15 is 0 Å². The van der Waals surface area contributed by atoms with Crippen molar-refractivity contribution in [2.75, 3.05) is 23.9 Å². The molecular formula is C26H21BrN2O3. The molecule has 4 aromatic rings. The first-order valence-electron chi connectivity index (χ1n) is 10.1. The third kappa shape index (κ3) is 4.81. The summed E-state index contributed by atoms with van der Waals surface area (Å²) in [5.41, 5.74) is 1.80. The molecule has 4 aromatic carbocycles. The fraction of sp³-hybridized carbons (Fsp3) is 0.0769. The summed E-state index contributed by atoms with van der Waals surface area (Å²) >= 11 is 3.56. The Hall–Kier alpha value is -3.64. The average Bonchev–Trinajstić information content (AvgIpc) is 2.83. The standard InChI is InChI=1S/C26H21BrN2O3/c1-29(21-11-3-2-4-12-21)26(31)19-9-7-10-20(16-19)28-24(30)17-32-23-15-14-18-8-5-6-13-22(18)25(23)27/h2-16H,17H2,1H3,(H,28,30). The number of nitrogens with zero attached hydrogens (tertiary/aromatic N) is 1. The molecule has 32 heavy (non-hydrogen) atoms. The van der Waals surface area contributed by atoms with E-state index in [2.05, 4.69) is 21.2 Å². The third-order valence-electron chi connectivity index (χ3n) is 5.03. The molecule has 0 bridgehead atoms. The molecule has 6 heteroatoms. The van der Waals surface area contributed by atoms with E-state index in [9.17, 15) is 9.59 Å². The number of halogens is 1. The van der Waals surface area contributed by atoms with Crippen LogP contribution in [0.1, 0.15) is 10.4 Å². The van der Waals surface area contributed by atoms with Crippen molar-refractivity contribution in [1.82, 2.24) is 0 Å². The molecule has 0 fully saturated rings. The van der Waals surface area contributed by atoms with Crippen LogP contribution in [0.5, 0.6) is 5.75 Å². The molecule has 0 radical (unpaired) electrons. The van der Waals surface area contributed by atoms with Gasteiger partial charge in [0.2, 0.25) is 0 Å². The highest BCUT2D eigenvalue weighted by atomic mass is 79.9. The van der Waals surface area contributed by atoms with Crippen LogP contribution in [0.2, 0.25) is 0 Å². The Balaban J connectivity index is 1.41. The van der Waals surface area contributed by atoms with Gasteiger partial charge in [0.15, 0.2) is 6.61 Å². The number of ether oxygens (including phenoxy) is 1. The number of carbonyl (C=O) groups excluding carboxylic acids is 2. The highest BCUT2D eigenvalue weighted by Crippen LogP contribution is 2.33. The molecule has 4 rings (SSSR count). The fourth-order valence-corrected chi connectivity index (χ4v) is 3.97. The number of para-hydroxylation sites is 1. The number of rotatable bonds is 6. The minimum Gasteiger partial charge on any atom is -0.483 e. The smallest absolute Gasteiger partial charge is 0.262 e. The maximum Gasteiger partial charge on any atom is 0.262 e. The largest absolute Gasteiger partial charge is 0.483 e. The van der Waals surface area contributed by atoms with Crippen LogP contribution in [0.3, 0.4) is 0 Å². The first-order chi connectivity index (χ1) is 15.5. The number of benzene rings is 4. The zero-order valence-electron chi connectivity index (χ0n) is 17.4. The number of fused-ring (bicyclic) bond motifs is 1. The van der Waals surface area contributed by atoms with E-state index in [1.807, 2.05) is 66.7 Å². The van der Waals surface area contributed by atoms with Gasteiger partial charge < -0.3 is 15.0 Å². The topological polar surface area (TPSA) is 58.6 Å². The fourth-order valence-electron chi connectivity index (χ4n) is 3.36. The summed E-state index contributed by atoms with van der Waals surface area (Å²) in [5, 5.41) is 4.89. The van der Waals surface area contributed by atoms with Crippen LogP contribution >= 0.6 is 15.9 Å². The Morgan fingerprint density at radius 2 is 1.66 bits per heavy atom. The van der Waals surface area contributed by atoms with Crippen molar-refractivity contribution in [3.8, 4) is 5.75 Å². The lowest BCUT2D eigenvalue weighted by atomic mass is 10.1. The second-order valence-electron chi connectivity index (χ2n) is 7.22. The molecule has 0 atom stereocenters. The van der Waals surface area contributed by atoms with Crippen molar-refractivity contribution in [1.29, 1.82) is 0 Å². The second kappa shape index (κ2) is 9.66. The summed E-state index contributed by atoms with van der Waals surface area (Å²) in [4.78, 5) is 26.8. The van der Waals surface area contributed by atoms with Gasteiger partial charge in [0.1, 0.15) is 5.75 Å². The molecule has 0 aromatic heterocycles. The number of anilines is 2. The zero-order valence-corrected chi connectivity index (χ0v) is 19.0. The van der Waals surface area contributed by atoms with Crippen molar-refractivity contribution in [3.05, 3.63) is 101 Å². The van der Waals surface area contributed by atoms with Crippen LogP contribution in [0.4, 0.5) is 11.4 Å². The molecule has 160 valence electrons. The van der Waals surface area contributed by atoms with Crippen molar-refractivity contribution in [3.63, 3.8) is 0 Å². The summed E-state index contributed by atoms with van der Waals surface area (Å²) in [7, 11) is 1.72. The predicted molar refractivity (Wildman–Crippen MR) is 131 cm³/mol. The van der Waals surface area contributed by atoms with Gasteiger partial charge >= 0.3 is 0 Å². The first-order valence-corrected chi connectivity index (χ1v) is 10.9. The highest BCUT2D eigenvalue weighted by Gasteiger charge is 2.14. The lowest BCUT2D eigenvalue weighted by Gasteiger charge is -2.17. The monoisotopic (exact) mass is 488 g/mol. The summed E-state index contributed by atoms with van der Waals surface area (Å²) in [6.45, 7) is -0.154. The summed E-state index contributed by atoms with van der Waals surface area (Å²) in [6, 6.07) is 28.0. The summed E-state index contributed by atoms with van der Waals surface area (Å²) in [5.74, 6) is 0.113. The minimum atomic E-state index is -0.314. The lowest BCUT2D eigenvalue weighted by Crippen LogP contribution is -2.26. The SMILES string of the molecule is CN(C(=O)c1cccc(NC(=O)COc2ccc3ccccc3c2Br)c1)c1ccccc1. The van der Waals surface area contributed by atoms with Crippen LogP contribution in [0.15, 0.2) is 95.5 Å². The van der Waals surface area contributed by atoms with Gasteiger partial charge in [-0.1, -0.05) is 54.6 Å². The van der Waals surface area contributed by atoms with Gasteiger partial charge in [-0.2, -0.15) is 0 Å². The number of amides is 2. The average molecular weight is 489 g/mol. The Bertz CT molecular complexity index is 1270. The van der Waals surface area contributed by atoms with Gasteiger partial charge in [0, 0.05) is 24.0 Å². The van der Waals surface area contributed by atoms with E-state index in [4.69, 9.17) is 4.74 Å². The van der Waals surface area contributed by atoms with E-state index in [0.29, 0.717) is 17.0 Å². The molecule has 0 aliphatic rings. The van der Waals surface area contributed by atoms with Gasteiger partial charge in [0.25, 0.3) is 11.8 Å². The molecular weight excluding hydrogens is 468 g/mol. The second-order valence-corrected chi connectivity index (χ2v) is 8.01. The first kappa shape index (κ1) is 21.6. The Morgan fingerprint density at radius 1 is 0.906 bits per heavy atom. The molecule has 1 N–H and O–H groups in total. The maximum absolute atomic E-state index is 12.8. The molecule has 0 heterocycles. The summed E-state index contributed by atoms with van der Waals surface area (Å²) < 4.78 is 6.52. The molecule has 0 saturated heterocycles. The van der Waals surface area contributed by atoms with E-state index < -0.39 is 0 Å². The number of carbonyl (C=O) groups is 2. The minimum absolute atomic E-state index is 0.154. The van der Waals surface area contributed by atoms with E-state index in [-0.39, 0.29) is 18.4 Å². The number of hydrogen-bond donors (Lipinski definition) is 1. The van der Waals surface area contributed by atoms with Gasteiger partial charge in [-0.05, 0) is 63.1 Å². The quantitative estimate of drug-likeness (QED) is 0.367. The Kier molecular flexibility index (Phi) is 6.52. The Morgan fingerprint density at radius 3 is 2.47 bits per heavy atom. The zero-order chi connectivity index (χ0) is 22.5. The van der Waals surface area contributed by atoms with Crippen LogP contribution in [0, 0.1) is 0 Å². The number of hydrogen-bond acceptors (Lipinski definition) is 3. The maximum atomic E-state index is 12.8. The number of nitrogens with one attached hydrogen (secondary N) is 1. The molecule has 0 saturated carbocycles. The van der Waals surface area contributed by atoms with Crippen LogP contribution < -0.4 is 15.0 Å². The Labute approximate surface area is 194 Å². The normalized spacial score (nSPS) is 10.6. The third-order valence-corrected chi connectivity index (χ3v) is 5.85. The van der Waals surface area contributed by atoms with E-state index in [1.54, 1.807) is 36.2 Å². The van der Waals surface area contributed by atoms with Crippen molar-refractivity contribution < 1.29 is 14.3 Å². The van der Waals surface area contributed by atoms with Gasteiger partial charge in [0.05, 0.1) is 4.47 Å². The molecule has 5 nitrogen and oxygen atoms in total. The van der Waals surface area contributed by atoms with Crippen LogP contribution in [0.25, 0.3) is 10.8 Å². The van der Waals surface area contributed by atoms with Crippen molar-refractivity contribution >= 4 is 49.9 Å². The lowest BCUT2D eigenvalue weighted by molar-refractivity contribution is -0.118. The summed E-state index contributed by atoms with van der Waals surface area (Å²) in [6.07, 6.45) is 0. The van der Waals surface area contributed by atoms with Crippen LogP contribution in [-0.2, 0) is 4.79 Å². The van der Waals surface area contributed by atoms with Gasteiger partial charge in [-0.25, -0.2) is 0 Å². The highest BCUT2D eigenvalue weighted by molar-refractivity contribution is 9.10. The van der Waals surface area contributed by atoms with E-state index in [0.717, 1.165) is 20.9 Å². The molecule has 0 unspecified atom stereocenters. The van der Waals surface area contributed by atoms with Gasteiger partial charge in [-0.15, -0.1) is 0 Å². The van der Waals surface area contributed by atoms with Crippen molar-refractivity contribution in [2.45, 2.75) is 0 Å². The molecule has 0 aliphatic heterocycles. The van der Waals surface area contributed by atoms with Gasteiger partial charge in [-0.3, -0.25) is 9.59 Å². The molecule has 0 aliphatic carbocycles. The molecule has 2 amide bonds.